The predicted octanol–water partition coefficient (Wildman–Crippen LogP) is 5.68. The molecule has 0 radical (unpaired) electrons. The first-order valence-corrected chi connectivity index (χ1v) is 12.5. The summed E-state index contributed by atoms with van der Waals surface area (Å²) in [5.41, 5.74) is 0.212. The number of nitrogens with zero attached hydrogens (tertiary/aromatic N) is 3. The lowest BCUT2D eigenvalue weighted by atomic mass is 10.0. The van der Waals surface area contributed by atoms with Crippen molar-refractivity contribution in [2.45, 2.75) is 19.0 Å². The van der Waals surface area contributed by atoms with Crippen molar-refractivity contribution in [1.29, 1.82) is 0 Å². The van der Waals surface area contributed by atoms with Crippen molar-refractivity contribution in [2.75, 3.05) is 40.3 Å². The summed E-state index contributed by atoms with van der Waals surface area (Å²) in [6.07, 6.45) is -8.37. The molecule has 0 saturated carbocycles. The number of carbonyl (C=O) groups is 1. The number of likely N-dealkylation sites (N-methyl/N-ethyl adjacent to an activating group) is 1. The Balaban J connectivity index is 1.48. The molecule has 0 spiro atoms. The Bertz CT molecular complexity index is 1340. The number of rotatable bonds is 5. The van der Waals surface area contributed by atoms with Gasteiger partial charge < -0.3 is 19.3 Å². The maximum absolute atomic E-state index is 13.4. The molecule has 1 fully saturated rings. The third-order valence-corrected chi connectivity index (χ3v) is 7.07. The highest BCUT2D eigenvalue weighted by Gasteiger charge is 2.38. The molecule has 2 aromatic carbocycles. The number of amidine groups is 1. The van der Waals surface area contributed by atoms with Crippen molar-refractivity contribution >= 4 is 28.9 Å². The number of aliphatic imine (C=N–C) groups is 1. The van der Waals surface area contributed by atoms with Gasteiger partial charge in [-0.25, -0.2) is 0 Å². The third kappa shape index (κ3) is 6.97. The molecule has 208 valence electrons. The van der Waals surface area contributed by atoms with E-state index in [0.29, 0.717) is 21.7 Å². The van der Waals surface area contributed by atoms with Crippen molar-refractivity contribution in [2.24, 2.45) is 4.99 Å². The second kappa shape index (κ2) is 11.4. The molecule has 0 N–H and O–H groups in total. The molecular formula is C26H23F6N3O3S. The van der Waals surface area contributed by atoms with Crippen molar-refractivity contribution in [3.63, 3.8) is 0 Å². The minimum absolute atomic E-state index is 0.0680. The number of alkyl halides is 6. The van der Waals surface area contributed by atoms with E-state index in [1.54, 1.807) is 12.1 Å². The Hall–Kier alpha value is -3.41. The normalized spacial score (nSPS) is 16.7. The third-order valence-electron chi connectivity index (χ3n) is 6.04. The summed E-state index contributed by atoms with van der Waals surface area (Å²) in [5.74, 6) is -0.132. The van der Waals surface area contributed by atoms with Gasteiger partial charge in [0, 0.05) is 31.7 Å². The number of carbonyl (C=O) groups excluding carboxylic acids is 1. The number of thioether (sulfide) groups is 1. The first-order chi connectivity index (χ1) is 18.3. The lowest BCUT2D eigenvalue weighted by molar-refractivity contribution is -0.143. The quantitative estimate of drug-likeness (QED) is 0.262. The van der Waals surface area contributed by atoms with Gasteiger partial charge >= 0.3 is 12.4 Å². The Labute approximate surface area is 224 Å². The van der Waals surface area contributed by atoms with Crippen LogP contribution in [0.3, 0.4) is 0 Å². The van der Waals surface area contributed by atoms with Crippen LogP contribution < -0.4 is 9.47 Å². The highest BCUT2D eigenvalue weighted by atomic mass is 32.2. The zero-order valence-electron chi connectivity index (χ0n) is 20.8. The van der Waals surface area contributed by atoms with Gasteiger partial charge in [-0.05, 0) is 54.7 Å². The Morgan fingerprint density at radius 3 is 2.36 bits per heavy atom. The van der Waals surface area contributed by atoms with E-state index in [-0.39, 0.29) is 17.6 Å². The van der Waals surface area contributed by atoms with Gasteiger partial charge in [0.25, 0.3) is 5.91 Å². The Morgan fingerprint density at radius 1 is 1.00 bits per heavy atom. The van der Waals surface area contributed by atoms with E-state index in [1.807, 2.05) is 11.9 Å². The van der Waals surface area contributed by atoms with Crippen molar-refractivity contribution in [3.05, 3.63) is 69.3 Å². The minimum Gasteiger partial charge on any atom is -0.493 e. The van der Waals surface area contributed by atoms with Gasteiger partial charge in [-0.15, -0.1) is 0 Å². The van der Waals surface area contributed by atoms with Gasteiger partial charge in [0.15, 0.2) is 16.7 Å². The van der Waals surface area contributed by atoms with E-state index in [0.717, 1.165) is 32.2 Å². The van der Waals surface area contributed by atoms with Gasteiger partial charge in [-0.1, -0.05) is 17.9 Å². The molecule has 1 saturated heterocycles. The molecule has 2 heterocycles. The van der Waals surface area contributed by atoms with Crippen LogP contribution in [0.1, 0.15) is 22.3 Å². The summed E-state index contributed by atoms with van der Waals surface area (Å²) in [6, 6.07) is 5.95. The Kier molecular flexibility index (Phi) is 8.34. The molecule has 6 nitrogen and oxygen atoms in total. The van der Waals surface area contributed by atoms with Crippen LogP contribution in [0.2, 0.25) is 0 Å². The van der Waals surface area contributed by atoms with Crippen LogP contribution in [-0.4, -0.2) is 61.2 Å². The summed E-state index contributed by atoms with van der Waals surface area (Å²) in [4.78, 5) is 21.0. The largest absolute Gasteiger partial charge is 0.493 e. The van der Waals surface area contributed by atoms with Gasteiger partial charge in [-0.2, -0.15) is 31.3 Å². The predicted molar refractivity (Wildman–Crippen MR) is 134 cm³/mol. The summed E-state index contributed by atoms with van der Waals surface area (Å²) in [5, 5.41) is 0.631. The number of hydrogen-bond donors (Lipinski definition) is 0. The van der Waals surface area contributed by atoms with E-state index in [2.05, 4.69) is 15.6 Å². The van der Waals surface area contributed by atoms with E-state index >= 15 is 0 Å². The van der Waals surface area contributed by atoms with Gasteiger partial charge in [0.05, 0.1) is 18.2 Å². The van der Waals surface area contributed by atoms with Crippen LogP contribution in [0.4, 0.5) is 26.3 Å². The maximum atomic E-state index is 13.4. The minimum atomic E-state index is -5.00. The van der Waals surface area contributed by atoms with Crippen LogP contribution in [0.25, 0.3) is 6.08 Å². The highest BCUT2D eigenvalue weighted by molar-refractivity contribution is 8.18. The summed E-state index contributed by atoms with van der Waals surface area (Å²) < 4.78 is 89.8. The first kappa shape index (κ1) is 28.6. The second-order valence-electron chi connectivity index (χ2n) is 8.78. The fraction of sp³-hybridized carbons (Fsp3) is 0.346. The molecule has 2 aliphatic rings. The van der Waals surface area contributed by atoms with E-state index in [9.17, 15) is 31.1 Å². The summed E-state index contributed by atoms with van der Waals surface area (Å²) in [7, 11) is 3.36. The fourth-order valence-corrected chi connectivity index (χ4v) is 4.73. The first-order valence-electron chi connectivity index (χ1n) is 11.6. The average Bonchev–Trinajstić information content (AvgIpc) is 3.25. The monoisotopic (exact) mass is 571 g/mol. The number of piperazine rings is 1. The number of benzene rings is 2. The molecule has 4 rings (SSSR count). The summed E-state index contributed by atoms with van der Waals surface area (Å²) >= 11 is 1.23. The number of amides is 1. The molecule has 1 amide bonds. The second-order valence-corrected chi connectivity index (χ2v) is 9.75. The molecule has 2 aliphatic heterocycles. The van der Waals surface area contributed by atoms with Gasteiger partial charge in [0.1, 0.15) is 11.5 Å². The zero-order chi connectivity index (χ0) is 28.4. The van der Waals surface area contributed by atoms with Crippen LogP contribution in [-0.2, 0) is 23.8 Å². The van der Waals surface area contributed by atoms with Crippen LogP contribution >= 0.6 is 11.8 Å². The fourth-order valence-electron chi connectivity index (χ4n) is 3.86. The van der Waals surface area contributed by atoms with Crippen molar-refractivity contribution < 1.29 is 40.6 Å². The number of halogens is 6. The van der Waals surface area contributed by atoms with Crippen molar-refractivity contribution in [1.82, 2.24) is 9.80 Å². The average molecular weight is 572 g/mol. The molecule has 0 bridgehead atoms. The van der Waals surface area contributed by atoms with Crippen LogP contribution in [0.5, 0.6) is 11.5 Å². The molecule has 0 atom stereocenters. The molecule has 39 heavy (non-hydrogen) atoms. The van der Waals surface area contributed by atoms with Gasteiger partial charge in [0.2, 0.25) is 0 Å². The van der Waals surface area contributed by atoms with Crippen LogP contribution in [0.15, 0.2) is 52.0 Å². The lowest BCUT2D eigenvalue weighted by Gasteiger charge is -2.32. The Morgan fingerprint density at radius 2 is 1.72 bits per heavy atom. The number of methoxy groups -OCH3 is 1. The summed E-state index contributed by atoms with van der Waals surface area (Å²) in [6.45, 7) is 2.63. The molecule has 0 aliphatic carbocycles. The highest BCUT2D eigenvalue weighted by Crippen LogP contribution is 2.38. The lowest BCUT2D eigenvalue weighted by Crippen LogP contribution is -2.46. The zero-order valence-corrected chi connectivity index (χ0v) is 21.6. The SMILES string of the molecule is COc1cc(C=C=C2SC(N3CCN(C)CC3)=NC2=O)ccc1OCc1ccc(C(F)(F)F)cc1C(F)(F)F. The van der Waals surface area contributed by atoms with E-state index < -0.39 is 41.6 Å². The number of ether oxygens (including phenoxy) is 2. The smallest absolute Gasteiger partial charge is 0.416 e. The molecule has 0 aromatic heterocycles. The van der Waals surface area contributed by atoms with E-state index in [1.165, 1.54) is 31.0 Å². The van der Waals surface area contributed by atoms with Crippen molar-refractivity contribution in [3.8, 4) is 11.5 Å². The number of hydrogen-bond acceptors (Lipinski definition) is 6. The maximum Gasteiger partial charge on any atom is 0.416 e. The standard InChI is InChI=1S/C26H23F6N3O3S/c1-34-9-11-35(12-10-34)24-33-23(36)22(39-24)8-4-16-3-7-20(21(13-16)37-2)38-15-17-5-6-18(25(27,28)29)14-19(17)26(30,31)32/h3-7,13-14H,9-12,15H2,1-2H3. The van der Waals surface area contributed by atoms with Gasteiger partial charge in [-0.3, -0.25) is 4.79 Å². The van der Waals surface area contributed by atoms with Crippen LogP contribution in [0, 0.1) is 0 Å². The molecule has 2 aromatic rings. The van der Waals surface area contributed by atoms with E-state index in [4.69, 9.17) is 9.47 Å². The topological polar surface area (TPSA) is 54.4 Å². The molecule has 0 unspecified atom stereocenters. The molecular weight excluding hydrogens is 548 g/mol. The molecule has 13 heteroatoms.